The second kappa shape index (κ2) is 15.0. The molecule has 24 heavy (non-hydrogen) atoms. The molecule has 0 bridgehead atoms. The lowest BCUT2D eigenvalue weighted by Crippen LogP contribution is -2.19. The number of carboxylic acid groups (broad SMARTS) is 2. The van der Waals surface area contributed by atoms with E-state index in [0.29, 0.717) is 5.57 Å². The molecule has 0 aliphatic carbocycles. The van der Waals surface area contributed by atoms with Gasteiger partial charge < -0.3 is 10.2 Å². The van der Waals surface area contributed by atoms with Gasteiger partial charge in [-0.1, -0.05) is 70.6 Å². The van der Waals surface area contributed by atoms with E-state index in [1.54, 1.807) is 0 Å². The Labute approximate surface area is 146 Å². The summed E-state index contributed by atoms with van der Waals surface area (Å²) in [7, 11) is 0. The van der Waals surface area contributed by atoms with Crippen LogP contribution < -0.4 is 0 Å². The molecule has 0 saturated heterocycles. The number of rotatable bonds is 15. The molecule has 0 amide bonds. The molecule has 0 aliphatic rings. The first kappa shape index (κ1) is 22.4. The maximum atomic E-state index is 11.4. The molecule has 0 spiro atoms. The van der Waals surface area contributed by atoms with Gasteiger partial charge >= 0.3 is 11.9 Å². The number of carbonyl (C=O) groups is 2. The summed E-state index contributed by atoms with van der Waals surface area (Å²) in [6, 6.07) is 0. The van der Waals surface area contributed by atoms with Gasteiger partial charge in [0.2, 0.25) is 0 Å². The van der Waals surface area contributed by atoms with Gasteiger partial charge in [0.25, 0.3) is 0 Å². The van der Waals surface area contributed by atoms with E-state index in [-0.39, 0.29) is 6.42 Å². The van der Waals surface area contributed by atoms with Crippen LogP contribution >= 0.6 is 0 Å². The van der Waals surface area contributed by atoms with Crippen molar-refractivity contribution in [3.63, 3.8) is 0 Å². The lowest BCUT2D eigenvalue weighted by Gasteiger charge is -2.12. The Morgan fingerprint density at radius 1 is 0.875 bits per heavy atom. The first-order valence-electron chi connectivity index (χ1n) is 9.34. The maximum Gasteiger partial charge on any atom is 0.311 e. The Balaban J connectivity index is 4.78. The Morgan fingerprint density at radius 2 is 1.46 bits per heavy atom. The van der Waals surface area contributed by atoms with E-state index in [2.05, 4.69) is 13.8 Å². The van der Waals surface area contributed by atoms with Crippen molar-refractivity contribution in [3.05, 3.63) is 23.8 Å². The van der Waals surface area contributed by atoms with Gasteiger partial charge in [-0.15, -0.1) is 0 Å². The number of hydrogen-bond donors (Lipinski definition) is 2. The zero-order valence-electron chi connectivity index (χ0n) is 15.3. The molecule has 0 aromatic rings. The van der Waals surface area contributed by atoms with Crippen LogP contribution in [0.4, 0.5) is 0 Å². The Hall–Kier alpha value is -1.58. The zero-order valence-corrected chi connectivity index (χ0v) is 15.3. The molecule has 0 saturated carbocycles. The predicted octanol–water partition coefficient (Wildman–Crippen LogP) is 5.59. The van der Waals surface area contributed by atoms with E-state index >= 15 is 0 Å². The third kappa shape index (κ3) is 11.9. The van der Waals surface area contributed by atoms with Crippen LogP contribution in [0.5, 0.6) is 0 Å². The smallest absolute Gasteiger partial charge is 0.311 e. The van der Waals surface area contributed by atoms with E-state index in [9.17, 15) is 14.7 Å². The minimum Gasteiger partial charge on any atom is -0.481 e. The predicted molar refractivity (Wildman–Crippen MR) is 98.1 cm³/mol. The van der Waals surface area contributed by atoms with Crippen LogP contribution in [-0.4, -0.2) is 22.2 Å². The normalized spacial score (nSPS) is 13.3. The summed E-state index contributed by atoms with van der Waals surface area (Å²) in [5, 5.41) is 18.3. The summed E-state index contributed by atoms with van der Waals surface area (Å²) in [4.78, 5) is 22.4. The number of allylic oxidation sites excluding steroid dienone is 3. The quantitative estimate of drug-likeness (QED) is 0.302. The average molecular weight is 338 g/mol. The first-order valence-corrected chi connectivity index (χ1v) is 9.34. The molecule has 4 nitrogen and oxygen atoms in total. The third-order valence-corrected chi connectivity index (χ3v) is 4.05. The van der Waals surface area contributed by atoms with Gasteiger partial charge in [-0.3, -0.25) is 9.59 Å². The van der Waals surface area contributed by atoms with E-state index in [1.165, 1.54) is 25.7 Å². The van der Waals surface area contributed by atoms with Gasteiger partial charge in [-0.05, 0) is 31.3 Å². The van der Waals surface area contributed by atoms with Crippen LogP contribution in [0.25, 0.3) is 0 Å². The van der Waals surface area contributed by atoms with Crippen molar-refractivity contribution in [2.45, 2.75) is 84.5 Å². The maximum absolute atomic E-state index is 11.4. The second-order valence-corrected chi connectivity index (χ2v) is 6.29. The SMILES string of the molecule is CCCCCC/C=C/C(=C\CCCCCC)C(CC(=O)O)C(=O)O. The van der Waals surface area contributed by atoms with Gasteiger partial charge in [-0.2, -0.15) is 0 Å². The van der Waals surface area contributed by atoms with Crippen molar-refractivity contribution in [1.82, 2.24) is 0 Å². The highest BCUT2D eigenvalue weighted by Gasteiger charge is 2.23. The zero-order chi connectivity index (χ0) is 18.2. The molecule has 1 atom stereocenters. The van der Waals surface area contributed by atoms with Crippen molar-refractivity contribution in [3.8, 4) is 0 Å². The second-order valence-electron chi connectivity index (χ2n) is 6.29. The van der Waals surface area contributed by atoms with Crippen LogP contribution in [0.2, 0.25) is 0 Å². The number of unbranched alkanes of at least 4 members (excludes halogenated alkanes) is 8. The Kier molecular flexibility index (Phi) is 14.0. The van der Waals surface area contributed by atoms with Crippen molar-refractivity contribution in [1.29, 1.82) is 0 Å². The topological polar surface area (TPSA) is 74.6 Å². The van der Waals surface area contributed by atoms with Crippen molar-refractivity contribution >= 4 is 11.9 Å². The lowest BCUT2D eigenvalue weighted by molar-refractivity contribution is -0.146. The molecule has 0 aromatic heterocycles. The molecule has 0 radical (unpaired) electrons. The van der Waals surface area contributed by atoms with Crippen molar-refractivity contribution < 1.29 is 19.8 Å². The highest BCUT2D eigenvalue weighted by atomic mass is 16.4. The van der Waals surface area contributed by atoms with E-state index < -0.39 is 17.9 Å². The molecule has 4 heteroatoms. The van der Waals surface area contributed by atoms with Gasteiger partial charge in [0, 0.05) is 0 Å². The van der Waals surface area contributed by atoms with Gasteiger partial charge in [0.1, 0.15) is 0 Å². The van der Waals surface area contributed by atoms with Crippen LogP contribution in [0.15, 0.2) is 23.8 Å². The van der Waals surface area contributed by atoms with Crippen LogP contribution in [0.3, 0.4) is 0 Å². The third-order valence-electron chi connectivity index (χ3n) is 4.05. The fraction of sp³-hybridized carbons (Fsp3) is 0.700. The van der Waals surface area contributed by atoms with Gasteiger partial charge in [0.15, 0.2) is 0 Å². The summed E-state index contributed by atoms with van der Waals surface area (Å²) in [5.74, 6) is -3.09. The molecule has 1 unspecified atom stereocenters. The molecular formula is C20H34O4. The fourth-order valence-electron chi connectivity index (χ4n) is 2.60. The fourth-order valence-corrected chi connectivity index (χ4v) is 2.60. The van der Waals surface area contributed by atoms with Crippen LogP contribution in [0, 0.1) is 5.92 Å². The van der Waals surface area contributed by atoms with Crippen LogP contribution in [0.1, 0.15) is 84.5 Å². The molecule has 138 valence electrons. The Bertz CT molecular complexity index is 410. The van der Waals surface area contributed by atoms with Gasteiger partial charge in [-0.25, -0.2) is 0 Å². The molecule has 2 N–H and O–H groups in total. The molecule has 0 aliphatic heterocycles. The minimum absolute atomic E-state index is 0.365. The van der Waals surface area contributed by atoms with E-state index in [4.69, 9.17) is 5.11 Å². The lowest BCUT2D eigenvalue weighted by atomic mass is 9.93. The summed E-state index contributed by atoms with van der Waals surface area (Å²) < 4.78 is 0. The molecule has 0 heterocycles. The molecular weight excluding hydrogens is 304 g/mol. The standard InChI is InChI=1S/C20H34O4/c1-3-5-7-9-11-13-15-17(14-12-10-8-6-4-2)18(20(23)24)16-19(21)22/h13-15,18H,3-12,16H2,1-2H3,(H,21,22)(H,23,24)/b15-13+,17-14+. The number of carboxylic acids is 2. The minimum atomic E-state index is -1.07. The largest absolute Gasteiger partial charge is 0.481 e. The summed E-state index contributed by atoms with van der Waals surface area (Å²) >= 11 is 0. The number of aliphatic carboxylic acids is 2. The van der Waals surface area contributed by atoms with Gasteiger partial charge in [0.05, 0.1) is 12.3 Å². The monoisotopic (exact) mass is 338 g/mol. The average Bonchev–Trinajstić information content (AvgIpc) is 2.53. The highest BCUT2D eigenvalue weighted by molar-refractivity contribution is 5.81. The Morgan fingerprint density at radius 3 is 1.96 bits per heavy atom. The molecule has 0 aromatic carbocycles. The summed E-state index contributed by atoms with van der Waals surface area (Å²) in [6.45, 7) is 4.31. The summed E-state index contributed by atoms with van der Waals surface area (Å²) in [6.07, 6.45) is 16.2. The van der Waals surface area contributed by atoms with E-state index in [0.717, 1.165) is 38.5 Å². The van der Waals surface area contributed by atoms with Crippen LogP contribution in [-0.2, 0) is 9.59 Å². The molecule has 0 rings (SSSR count). The van der Waals surface area contributed by atoms with E-state index in [1.807, 2.05) is 18.2 Å². The van der Waals surface area contributed by atoms with Crippen molar-refractivity contribution in [2.24, 2.45) is 5.92 Å². The van der Waals surface area contributed by atoms with Crippen molar-refractivity contribution in [2.75, 3.05) is 0 Å². The number of hydrogen-bond acceptors (Lipinski definition) is 2. The highest BCUT2D eigenvalue weighted by Crippen LogP contribution is 2.20. The summed E-state index contributed by atoms with van der Waals surface area (Å²) in [5.41, 5.74) is 0.636. The first-order chi connectivity index (χ1) is 11.5. The molecule has 0 fully saturated rings.